The third kappa shape index (κ3) is 3.85. The van der Waals surface area contributed by atoms with Crippen LogP contribution >= 0.6 is 11.8 Å². The van der Waals surface area contributed by atoms with Gasteiger partial charge < -0.3 is 18.9 Å². The van der Waals surface area contributed by atoms with Crippen LogP contribution < -0.4 is 5.32 Å². The topological polar surface area (TPSA) is 90.4 Å². The highest BCUT2D eigenvalue weighted by Gasteiger charge is 2.17. The normalized spacial score (nSPS) is 17.2. The lowest BCUT2D eigenvalue weighted by Crippen LogP contribution is -2.32. The summed E-state index contributed by atoms with van der Waals surface area (Å²) in [5, 5.41) is 12.1. The van der Waals surface area contributed by atoms with E-state index in [0.29, 0.717) is 23.4 Å². The Morgan fingerprint density at radius 2 is 2.20 bits per heavy atom. The molecule has 1 fully saturated rings. The van der Waals surface area contributed by atoms with Crippen molar-refractivity contribution in [3.63, 3.8) is 0 Å². The molecule has 0 unspecified atom stereocenters. The molecule has 0 aliphatic carbocycles. The van der Waals surface area contributed by atoms with Gasteiger partial charge in [0, 0.05) is 18.5 Å². The summed E-state index contributed by atoms with van der Waals surface area (Å²) < 4.78 is 16.7. The Hall–Kier alpha value is -2.32. The SMILES string of the molecule is O=C(CSc1nnc(-c2cc3ccccc3o2)o1)NC[C@@H]1CCCO1. The molecule has 0 radical (unpaired) electrons. The fourth-order valence-corrected chi connectivity index (χ4v) is 3.26. The van der Waals surface area contributed by atoms with Gasteiger partial charge in [0.25, 0.3) is 11.1 Å². The van der Waals surface area contributed by atoms with E-state index in [9.17, 15) is 4.79 Å². The standard InChI is InChI=1S/C17H17N3O4S/c21-15(18-9-12-5-3-7-22-12)10-25-17-20-19-16(24-17)14-8-11-4-1-2-6-13(11)23-14/h1-2,4,6,8,12H,3,5,7,9-10H2,(H,18,21)/t12-/m0/s1. The molecule has 25 heavy (non-hydrogen) atoms. The number of fused-ring (bicyclic) bond motifs is 1. The number of ether oxygens (including phenoxy) is 1. The Kier molecular flexibility index (Phi) is 4.71. The van der Waals surface area contributed by atoms with Crippen molar-refractivity contribution in [2.45, 2.75) is 24.2 Å². The fourth-order valence-electron chi connectivity index (χ4n) is 2.67. The number of benzene rings is 1. The summed E-state index contributed by atoms with van der Waals surface area (Å²) in [6, 6.07) is 9.52. The molecule has 3 heterocycles. The summed E-state index contributed by atoms with van der Waals surface area (Å²) in [6.45, 7) is 1.33. The van der Waals surface area contributed by atoms with Gasteiger partial charge in [-0.15, -0.1) is 10.2 Å². The predicted molar refractivity (Wildman–Crippen MR) is 92.2 cm³/mol. The molecule has 7 nitrogen and oxygen atoms in total. The van der Waals surface area contributed by atoms with Crippen LogP contribution in [0.4, 0.5) is 0 Å². The molecule has 4 rings (SSSR count). The van der Waals surface area contributed by atoms with Gasteiger partial charge >= 0.3 is 0 Å². The zero-order valence-corrected chi connectivity index (χ0v) is 14.3. The number of para-hydroxylation sites is 1. The van der Waals surface area contributed by atoms with E-state index < -0.39 is 0 Å². The molecule has 1 atom stereocenters. The quantitative estimate of drug-likeness (QED) is 0.677. The van der Waals surface area contributed by atoms with Crippen LogP contribution in [0.2, 0.25) is 0 Å². The van der Waals surface area contributed by atoms with Crippen molar-refractivity contribution in [1.82, 2.24) is 15.5 Å². The maximum Gasteiger partial charge on any atom is 0.284 e. The number of amides is 1. The van der Waals surface area contributed by atoms with Crippen molar-refractivity contribution in [3.05, 3.63) is 30.3 Å². The molecule has 8 heteroatoms. The van der Waals surface area contributed by atoms with E-state index >= 15 is 0 Å². The zero-order chi connectivity index (χ0) is 17.1. The van der Waals surface area contributed by atoms with Crippen LogP contribution in [0.5, 0.6) is 0 Å². The molecule has 1 N–H and O–H groups in total. The summed E-state index contributed by atoms with van der Waals surface area (Å²) in [5.41, 5.74) is 0.762. The van der Waals surface area contributed by atoms with Gasteiger partial charge in [0.15, 0.2) is 5.76 Å². The first-order valence-corrected chi connectivity index (χ1v) is 9.10. The second-order valence-electron chi connectivity index (χ2n) is 5.75. The van der Waals surface area contributed by atoms with Crippen molar-refractivity contribution < 1.29 is 18.4 Å². The Balaban J connectivity index is 1.32. The van der Waals surface area contributed by atoms with Crippen molar-refractivity contribution in [2.24, 2.45) is 0 Å². The average Bonchev–Trinajstić information content (AvgIpc) is 3.38. The van der Waals surface area contributed by atoms with E-state index in [1.807, 2.05) is 30.3 Å². The highest BCUT2D eigenvalue weighted by atomic mass is 32.2. The van der Waals surface area contributed by atoms with Gasteiger partial charge in [0.05, 0.1) is 11.9 Å². The first kappa shape index (κ1) is 16.2. The molecule has 1 aliphatic rings. The lowest BCUT2D eigenvalue weighted by molar-refractivity contribution is -0.119. The molecule has 1 aliphatic heterocycles. The van der Waals surface area contributed by atoms with Crippen LogP contribution in [0.15, 0.2) is 44.4 Å². The molecule has 2 aromatic heterocycles. The van der Waals surface area contributed by atoms with Gasteiger partial charge in [-0.1, -0.05) is 30.0 Å². The Bertz CT molecular complexity index is 837. The van der Waals surface area contributed by atoms with Gasteiger partial charge in [0.2, 0.25) is 5.91 Å². The molecule has 130 valence electrons. The van der Waals surface area contributed by atoms with Crippen molar-refractivity contribution >= 4 is 28.6 Å². The number of hydrogen-bond acceptors (Lipinski definition) is 7. The van der Waals surface area contributed by atoms with Gasteiger partial charge in [0.1, 0.15) is 5.58 Å². The first-order chi connectivity index (χ1) is 12.3. The third-order valence-electron chi connectivity index (χ3n) is 3.92. The number of aromatic nitrogens is 2. The monoisotopic (exact) mass is 359 g/mol. The molecule has 1 saturated heterocycles. The maximum atomic E-state index is 11.9. The molecule has 0 bridgehead atoms. The molecule has 0 saturated carbocycles. The fraction of sp³-hybridized carbons (Fsp3) is 0.353. The number of rotatable bonds is 6. The van der Waals surface area contributed by atoms with Gasteiger partial charge in [-0.05, 0) is 25.0 Å². The number of carbonyl (C=O) groups excluding carboxylic acids is 1. The number of hydrogen-bond donors (Lipinski definition) is 1. The molecular formula is C17H17N3O4S. The Morgan fingerprint density at radius 1 is 1.28 bits per heavy atom. The van der Waals surface area contributed by atoms with E-state index in [1.165, 1.54) is 11.8 Å². The third-order valence-corrected chi connectivity index (χ3v) is 4.74. The summed E-state index contributed by atoms with van der Waals surface area (Å²) in [5.74, 6) is 0.958. The minimum absolute atomic E-state index is 0.0796. The highest BCUT2D eigenvalue weighted by Crippen LogP contribution is 2.28. The van der Waals surface area contributed by atoms with E-state index in [1.54, 1.807) is 0 Å². The van der Waals surface area contributed by atoms with Crippen LogP contribution in [0.1, 0.15) is 12.8 Å². The largest absolute Gasteiger partial charge is 0.451 e. The highest BCUT2D eigenvalue weighted by molar-refractivity contribution is 7.99. The molecule has 1 amide bonds. The van der Waals surface area contributed by atoms with Crippen LogP contribution in [-0.4, -0.2) is 41.1 Å². The summed E-state index contributed by atoms with van der Waals surface area (Å²) in [7, 11) is 0. The van der Waals surface area contributed by atoms with E-state index in [2.05, 4.69) is 15.5 Å². The number of carbonyl (C=O) groups is 1. The van der Waals surface area contributed by atoms with Crippen molar-refractivity contribution in [3.8, 4) is 11.7 Å². The number of nitrogens with one attached hydrogen (secondary N) is 1. The van der Waals surface area contributed by atoms with Crippen molar-refractivity contribution in [1.29, 1.82) is 0 Å². The first-order valence-electron chi connectivity index (χ1n) is 8.11. The Labute approximate surface area is 148 Å². The minimum Gasteiger partial charge on any atom is -0.451 e. The molecule has 0 spiro atoms. The van der Waals surface area contributed by atoms with Gasteiger partial charge in [-0.25, -0.2) is 0 Å². The van der Waals surface area contributed by atoms with E-state index in [0.717, 1.165) is 30.4 Å². The number of thioether (sulfide) groups is 1. The second kappa shape index (κ2) is 7.28. The van der Waals surface area contributed by atoms with Crippen LogP contribution in [0.25, 0.3) is 22.6 Å². The van der Waals surface area contributed by atoms with E-state index in [4.69, 9.17) is 13.6 Å². The van der Waals surface area contributed by atoms with Crippen LogP contribution in [-0.2, 0) is 9.53 Å². The number of nitrogens with zero attached hydrogens (tertiary/aromatic N) is 2. The van der Waals surface area contributed by atoms with E-state index in [-0.39, 0.29) is 17.8 Å². The molecule has 3 aromatic rings. The predicted octanol–water partition coefficient (Wildman–Crippen LogP) is 2.87. The average molecular weight is 359 g/mol. The van der Waals surface area contributed by atoms with Gasteiger partial charge in [-0.3, -0.25) is 4.79 Å². The molecular weight excluding hydrogens is 342 g/mol. The van der Waals surface area contributed by atoms with Crippen LogP contribution in [0, 0.1) is 0 Å². The van der Waals surface area contributed by atoms with Crippen LogP contribution in [0.3, 0.4) is 0 Å². The Morgan fingerprint density at radius 3 is 3.04 bits per heavy atom. The zero-order valence-electron chi connectivity index (χ0n) is 13.4. The minimum atomic E-state index is -0.0796. The smallest absolute Gasteiger partial charge is 0.284 e. The second-order valence-corrected chi connectivity index (χ2v) is 6.68. The number of furan rings is 1. The molecule has 1 aromatic carbocycles. The lowest BCUT2D eigenvalue weighted by atomic mass is 10.2. The van der Waals surface area contributed by atoms with Gasteiger partial charge in [-0.2, -0.15) is 0 Å². The van der Waals surface area contributed by atoms with Crippen molar-refractivity contribution in [2.75, 3.05) is 18.9 Å². The summed E-state index contributed by atoms with van der Waals surface area (Å²) in [4.78, 5) is 11.9. The maximum absolute atomic E-state index is 11.9. The summed E-state index contributed by atoms with van der Waals surface area (Å²) in [6.07, 6.45) is 2.19. The lowest BCUT2D eigenvalue weighted by Gasteiger charge is -2.09. The summed E-state index contributed by atoms with van der Waals surface area (Å²) >= 11 is 1.20.